The normalized spacial score (nSPS) is 19.6. The van der Waals surface area contributed by atoms with E-state index in [0.717, 1.165) is 13.0 Å². The Hall–Kier alpha value is -1.29. The Bertz CT molecular complexity index is 403. The monoisotopic (exact) mass is 253 g/mol. The SMILES string of the molecule is COc1ccc(OC)c(CC2CCCCN2)c1F. The zero-order chi connectivity index (χ0) is 13.0. The lowest BCUT2D eigenvalue weighted by atomic mass is 9.96. The highest BCUT2D eigenvalue weighted by Crippen LogP contribution is 2.30. The quantitative estimate of drug-likeness (QED) is 0.894. The summed E-state index contributed by atoms with van der Waals surface area (Å²) in [6.45, 7) is 1.01. The molecule has 0 aromatic heterocycles. The van der Waals surface area contributed by atoms with E-state index in [1.807, 2.05) is 0 Å². The summed E-state index contributed by atoms with van der Waals surface area (Å²) in [5.74, 6) is 0.575. The fourth-order valence-electron chi connectivity index (χ4n) is 2.47. The van der Waals surface area contributed by atoms with Gasteiger partial charge in [0.15, 0.2) is 11.6 Å². The first-order valence-electron chi connectivity index (χ1n) is 6.39. The topological polar surface area (TPSA) is 30.5 Å². The van der Waals surface area contributed by atoms with Crippen molar-refractivity contribution < 1.29 is 13.9 Å². The summed E-state index contributed by atoms with van der Waals surface area (Å²) in [6.07, 6.45) is 4.13. The van der Waals surface area contributed by atoms with E-state index in [1.54, 1.807) is 19.2 Å². The second-order valence-electron chi connectivity index (χ2n) is 4.61. The van der Waals surface area contributed by atoms with E-state index >= 15 is 0 Å². The molecule has 1 unspecified atom stereocenters. The molecule has 0 amide bonds. The van der Waals surface area contributed by atoms with Crippen LogP contribution in [-0.2, 0) is 6.42 Å². The lowest BCUT2D eigenvalue weighted by Gasteiger charge is -2.24. The second kappa shape index (κ2) is 6.05. The Morgan fingerprint density at radius 1 is 1.22 bits per heavy atom. The molecular formula is C14H20FNO2. The molecule has 18 heavy (non-hydrogen) atoms. The highest BCUT2D eigenvalue weighted by Gasteiger charge is 2.20. The first-order chi connectivity index (χ1) is 8.76. The Morgan fingerprint density at radius 2 is 1.94 bits per heavy atom. The zero-order valence-electron chi connectivity index (χ0n) is 11.0. The summed E-state index contributed by atoms with van der Waals surface area (Å²) < 4.78 is 24.5. The van der Waals surface area contributed by atoms with Gasteiger partial charge in [-0.05, 0) is 37.9 Å². The van der Waals surface area contributed by atoms with Crippen molar-refractivity contribution in [3.8, 4) is 11.5 Å². The van der Waals surface area contributed by atoms with Crippen LogP contribution in [0.4, 0.5) is 4.39 Å². The van der Waals surface area contributed by atoms with E-state index in [1.165, 1.54) is 20.0 Å². The van der Waals surface area contributed by atoms with E-state index in [-0.39, 0.29) is 11.6 Å². The number of benzene rings is 1. The predicted octanol–water partition coefficient (Wildman–Crippen LogP) is 2.53. The molecule has 1 N–H and O–H groups in total. The average Bonchev–Trinajstić information content (AvgIpc) is 2.42. The molecule has 0 bridgehead atoms. The molecule has 1 aromatic rings. The van der Waals surface area contributed by atoms with Crippen molar-refractivity contribution in [1.29, 1.82) is 0 Å². The molecule has 1 aliphatic heterocycles. The van der Waals surface area contributed by atoms with Crippen molar-refractivity contribution in [3.63, 3.8) is 0 Å². The van der Waals surface area contributed by atoms with Gasteiger partial charge in [-0.1, -0.05) is 6.42 Å². The third-order valence-electron chi connectivity index (χ3n) is 3.47. The van der Waals surface area contributed by atoms with E-state index in [9.17, 15) is 4.39 Å². The number of ether oxygens (including phenoxy) is 2. The second-order valence-corrected chi connectivity index (χ2v) is 4.61. The van der Waals surface area contributed by atoms with Crippen LogP contribution in [0.2, 0.25) is 0 Å². The highest BCUT2D eigenvalue weighted by molar-refractivity contribution is 5.42. The van der Waals surface area contributed by atoms with Crippen molar-refractivity contribution in [1.82, 2.24) is 5.32 Å². The Kier molecular flexibility index (Phi) is 4.42. The Balaban J connectivity index is 2.23. The molecule has 3 nitrogen and oxygen atoms in total. The fourth-order valence-corrected chi connectivity index (χ4v) is 2.47. The van der Waals surface area contributed by atoms with Crippen molar-refractivity contribution in [2.45, 2.75) is 31.7 Å². The number of hydrogen-bond acceptors (Lipinski definition) is 3. The van der Waals surface area contributed by atoms with Gasteiger partial charge in [0.1, 0.15) is 5.75 Å². The number of methoxy groups -OCH3 is 2. The maximum Gasteiger partial charge on any atom is 0.171 e. The molecule has 1 atom stereocenters. The van der Waals surface area contributed by atoms with E-state index in [4.69, 9.17) is 9.47 Å². The molecule has 1 aromatic carbocycles. The smallest absolute Gasteiger partial charge is 0.171 e. The maximum absolute atomic E-state index is 14.2. The van der Waals surface area contributed by atoms with Gasteiger partial charge in [-0.25, -0.2) is 4.39 Å². The average molecular weight is 253 g/mol. The Labute approximate surface area is 107 Å². The molecule has 2 rings (SSSR count). The van der Waals surface area contributed by atoms with Crippen LogP contribution >= 0.6 is 0 Å². The summed E-state index contributed by atoms with van der Waals surface area (Å²) in [5.41, 5.74) is 0.608. The van der Waals surface area contributed by atoms with Crippen LogP contribution in [0.1, 0.15) is 24.8 Å². The summed E-state index contributed by atoms with van der Waals surface area (Å²) in [7, 11) is 3.05. The highest BCUT2D eigenvalue weighted by atomic mass is 19.1. The van der Waals surface area contributed by atoms with Gasteiger partial charge >= 0.3 is 0 Å². The summed E-state index contributed by atoms with van der Waals surface area (Å²) >= 11 is 0. The minimum atomic E-state index is -0.302. The number of nitrogens with one attached hydrogen (secondary N) is 1. The minimum Gasteiger partial charge on any atom is -0.496 e. The van der Waals surface area contributed by atoms with Crippen LogP contribution in [0.3, 0.4) is 0 Å². The molecule has 1 heterocycles. The van der Waals surface area contributed by atoms with Gasteiger partial charge in [-0.15, -0.1) is 0 Å². The lowest BCUT2D eigenvalue weighted by molar-refractivity contribution is 0.356. The van der Waals surface area contributed by atoms with Gasteiger partial charge in [-0.2, -0.15) is 0 Å². The molecule has 1 aliphatic rings. The number of piperidine rings is 1. The van der Waals surface area contributed by atoms with E-state index in [2.05, 4.69) is 5.32 Å². The van der Waals surface area contributed by atoms with Crippen LogP contribution < -0.4 is 14.8 Å². The van der Waals surface area contributed by atoms with Gasteiger partial charge in [-0.3, -0.25) is 0 Å². The summed E-state index contributed by atoms with van der Waals surface area (Å²) in [6, 6.07) is 3.70. The van der Waals surface area contributed by atoms with Gasteiger partial charge in [0.2, 0.25) is 0 Å². The molecule has 0 aliphatic carbocycles. The first-order valence-corrected chi connectivity index (χ1v) is 6.39. The predicted molar refractivity (Wildman–Crippen MR) is 68.8 cm³/mol. The minimum absolute atomic E-state index is 0.279. The van der Waals surface area contributed by atoms with Crippen molar-refractivity contribution >= 4 is 0 Å². The van der Waals surface area contributed by atoms with Crippen LogP contribution in [0.5, 0.6) is 11.5 Å². The standard InChI is InChI=1S/C14H20FNO2/c1-17-12-6-7-13(18-2)14(15)11(12)9-10-5-3-4-8-16-10/h6-7,10,16H,3-5,8-9H2,1-2H3. The van der Waals surface area contributed by atoms with E-state index in [0.29, 0.717) is 23.8 Å². The van der Waals surface area contributed by atoms with Crippen LogP contribution in [-0.4, -0.2) is 26.8 Å². The largest absolute Gasteiger partial charge is 0.496 e. The van der Waals surface area contributed by atoms with Crippen molar-refractivity contribution in [3.05, 3.63) is 23.5 Å². The lowest BCUT2D eigenvalue weighted by Crippen LogP contribution is -2.35. The Morgan fingerprint density at radius 3 is 2.56 bits per heavy atom. The summed E-state index contributed by atoms with van der Waals surface area (Å²) in [4.78, 5) is 0. The molecule has 1 saturated heterocycles. The van der Waals surface area contributed by atoms with Gasteiger partial charge < -0.3 is 14.8 Å². The fraction of sp³-hybridized carbons (Fsp3) is 0.571. The third-order valence-corrected chi connectivity index (χ3v) is 3.47. The molecule has 1 fully saturated rings. The van der Waals surface area contributed by atoms with Gasteiger partial charge in [0, 0.05) is 11.6 Å². The molecular weight excluding hydrogens is 233 g/mol. The zero-order valence-corrected chi connectivity index (χ0v) is 11.0. The molecule has 0 spiro atoms. The van der Waals surface area contributed by atoms with Gasteiger partial charge in [0.05, 0.1) is 14.2 Å². The van der Waals surface area contributed by atoms with Crippen molar-refractivity contribution in [2.24, 2.45) is 0 Å². The number of halogens is 1. The third kappa shape index (κ3) is 2.75. The maximum atomic E-state index is 14.2. The number of rotatable bonds is 4. The molecule has 100 valence electrons. The van der Waals surface area contributed by atoms with Crippen molar-refractivity contribution in [2.75, 3.05) is 20.8 Å². The van der Waals surface area contributed by atoms with Crippen LogP contribution in [0.25, 0.3) is 0 Å². The van der Waals surface area contributed by atoms with Crippen LogP contribution in [0.15, 0.2) is 12.1 Å². The molecule has 0 saturated carbocycles. The number of hydrogen-bond donors (Lipinski definition) is 1. The first kappa shape index (κ1) is 13.1. The van der Waals surface area contributed by atoms with E-state index < -0.39 is 0 Å². The van der Waals surface area contributed by atoms with Crippen LogP contribution in [0, 0.1) is 5.82 Å². The molecule has 4 heteroatoms. The molecule has 0 radical (unpaired) electrons. The summed E-state index contributed by atoms with van der Waals surface area (Å²) in [5, 5.41) is 3.42. The van der Waals surface area contributed by atoms with Gasteiger partial charge in [0.25, 0.3) is 0 Å².